The number of ether oxygens (including phenoxy) is 1. The number of nitrogens with zero attached hydrogens (tertiary/aromatic N) is 3. The number of thioether (sulfide) groups is 1. The maximum absolute atomic E-state index is 13.1. The standard InChI is InChI=1S/C49H59ClN12O6S/c1-62(25-8-21-52-48(66)53-22-9-26-68-27-23-51-42(63)15-5-4-14-41-45-40(31-69-41)59-49(67)61-45)24-7-16-43(64)56-33-19-17-32(18-20-33)46(65)57-34-10-6-11-35(28-34)58-47-55-30-38(50)44(60-47)37-29-54-39-13-3-2-12-36(37)39/h2-3,6-7,10-13,16-20,28-30,40-41,45,54H,4-5,8-9,14-15,21-27,31H2,1H3,(H,51,63)(H,56,64)(H,57,65)(H2,52,53,66)(H,55,58,60)(H2,59,61,67)/b16-7+. The van der Waals surface area contributed by atoms with Crippen LogP contribution in [0.4, 0.5) is 32.6 Å². The van der Waals surface area contributed by atoms with Gasteiger partial charge in [0.05, 0.1) is 35.6 Å². The van der Waals surface area contributed by atoms with E-state index in [0.29, 0.717) is 103 Å². The zero-order chi connectivity index (χ0) is 48.4. The fourth-order valence-corrected chi connectivity index (χ4v) is 9.66. The predicted octanol–water partition coefficient (Wildman–Crippen LogP) is 6.64. The largest absolute Gasteiger partial charge is 0.380 e. The number of H-pyrrole nitrogens is 1. The number of para-hydroxylation sites is 1. The molecule has 2 aromatic heterocycles. The molecule has 0 spiro atoms. The first-order valence-corrected chi connectivity index (χ1v) is 24.6. The van der Waals surface area contributed by atoms with Crippen molar-refractivity contribution in [2.75, 3.05) is 74.7 Å². The van der Waals surface area contributed by atoms with Crippen molar-refractivity contribution in [3.05, 3.63) is 108 Å². The fraction of sp³-hybridized carbons (Fsp3) is 0.367. The van der Waals surface area contributed by atoms with E-state index in [1.54, 1.807) is 54.7 Å². The summed E-state index contributed by atoms with van der Waals surface area (Å²) in [6.07, 6.45) is 11.3. The molecule has 3 unspecified atom stereocenters. The fourth-order valence-electron chi connectivity index (χ4n) is 7.93. The lowest BCUT2D eigenvalue weighted by Gasteiger charge is -2.16. The number of carbonyl (C=O) groups is 5. The van der Waals surface area contributed by atoms with E-state index in [1.165, 1.54) is 6.08 Å². The summed E-state index contributed by atoms with van der Waals surface area (Å²) in [5.41, 5.74) is 4.61. The first kappa shape index (κ1) is 50.2. The Bertz CT molecular complexity index is 2580. The molecule has 2 aliphatic rings. The monoisotopic (exact) mass is 978 g/mol. The smallest absolute Gasteiger partial charge is 0.315 e. The number of nitrogens with one attached hydrogen (secondary N) is 9. The van der Waals surface area contributed by atoms with Gasteiger partial charge in [-0.25, -0.2) is 19.6 Å². The maximum Gasteiger partial charge on any atom is 0.315 e. The molecular weight excluding hydrogens is 920 g/mol. The van der Waals surface area contributed by atoms with Crippen molar-refractivity contribution in [1.82, 2.24) is 46.4 Å². The van der Waals surface area contributed by atoms with Gasteiger partial charge in [-0.1, -0.05) is 48.4 Å². The van der Waals surface area contributed by atoms with Crippen LogP contribution in [0.1, 0.15) is 48.9 Å². The van der Waals surface area contributed by atoms with Gasteiger partial charge in [0, 0.05) is 102 Å². The summed E-state index contributed by atoms with van der Waals surface area (Å²) < 4.78 is 5.58. The Labute approximate surface area is 410 Å². The van der Waals surface area contributed by atoms with Crippen molar-refractivity contribution >= 4 is 87.1 Å². The minimum atomic E-state index is -0.318. The summed E-state index contributed by atoms with van der Waals surface area (Å²) in [5.74, 6) is 0.684. The summed E-state index contributed by atoms with van der Waals surface area (Å²) >= 11 is 8.39. The highest BCUT2D eigenvalue weighted by Crippen LogP contribution is 2.34. The number of hydrogen-bond donors (Lipinski definition) is 9. The molecule has 0 saturated carbocycles. The Morgan fingerprint density at radius 3 is 2.55 bits per heavy atom. The van der Waals surface area contributed by atoms with Gasteiger partial charge in [-0.15, -0.1) is 0 Å². The normalized spacial score (nSPS) is 16.2. The number of amides is 7. The highest BCUT2D eigenvalue weighted by Gasteiger charge is 2.42. The Kier molecular flexibility index (Phi) is 18.6. The zero-order valence-corrected chi connectivity index (χ0v) is 40.0. The Morgan fingerprint density at radius 1 is 0.884 bits per heavy atom. The van der Waals surface area contributed by atoms with Crippen LogP contribution in [-0.4, -0.2) is 126 Å². The second-order valence-corrected chi connectivity index (χ2v) is 18.4. The average molecular weight is 980 g/mol. The number of unbranched alkanes of at least 4 members (excludes halogenated alkanes) is 1. The van der Waals surface area contributed by atoms with E-state index >= 15 is 0 Å². The molecule has 0 bridgehead atoms. The van der Waals surface area contributed by atoms with Gasteiger partial charge in [0.1, 0.15) is 0 Å². The Hall–Kier alpha value is -6.67. The van der Waals surface area contributed by atoms with Crippen molar-refractivity contribution in [3.63, 3.8) is 0 Å². The van der Waals surface area contributed by atoms with Crippen molar-refractivity contribution in [3.8, 4) is 11.3 Å². The number of likely N-dealkylation sites (N-methyl/N-ethyl adjacent to an activating group) is 1. The molecule has 9 N–H and O–H groups in total. The number of urea groups is 2. The van der Waals surface area contributed by atoms with E-state index in [1.807, 2.05) is 60.2 Å². The molecule has 0 radical (unpaired) electrons. The number of carbonyl (C=O) groups excluding carboxylic acids is 5. The molecule has 2 saturated heterocycles. The molecule has 18 nitrogen and oxygen atoms in total. The molecule has 2 aliphatic heterocycles. The molecule has 7 rings (SSSR count). The minimum absolute atomic E-state index is 0.0132. The highest BCUT2D eigenvalue weighted by molar-refractivity contribution is 8.00. The van der Waals surface area contributed by atoms with Gasteiger partial charge in [-0.3, -0.25) is 14.4 Å². The number of hydrogen-bond acceptors (Lipinski definition) is 11. The zero-order valence-electron chi connectivity index (χ0n) is 38.4. The van der Waals surface area contributed by atoms with E-state index in [-0.39, 0.29) is 41.9 Å². The third-order valence-electron chi connectivity index (χ3n) is 11.5. The van der Waals surface area contributed by atoms with Crippen LogP contribution >= 0.6 is 23.4 Å². The van der Waals surface area contributed by atoms with E-state index in [2.05, 4.69) is 57.5 Å². The molecule has 3 aromatic carbocycles. The van der Waals surface area contributed by atoms with Crippen LogP contribution in [0.25, 0.3) is 22.2 Å². The van der Waals surface area contributed by atoms with Crippen LogP contribution in [0, 0.1) is 0 Å². The summed E-state index contributed by atoms with van der Waals surface area (Å²) in [7, 11) is 1.93. The molecular formula is C49H59ClN12O6S. The molecule has 69 heavy (non-hydrogen) atoms. The van der Waals surface area contributed by atoms with E-state index < -0.39 is 0 Å². The summed E-state index contributed by atoms with van der Waals surface area (Å²) in [6.45, 7) is 3.55. The summed E-state index contributed by atoms with van der Waals surface area (Å²) in [6, 6.07) is 21.8. The van der Waals surface area contributed by atoms with Crippen LogP contribution in [0.5, 0.6) is 0 Å². The first-order valence-electron chi connectivity index (χ1n) is 23.2. The second-order valence-electron chi connectivity index (χ2n) is 16.7. The van der Waals surface area contributed by atoms with Crippen LogP contribution in [0.3, 0.4) is 0 Å². The van der Waals surface area contributed by atoms with Gasteiger partial charge in [-0.05, 0) is 87.8 Å². The lowest BCUT2D eigenvalue weighted by molar-refractivity contribution is -0.121. The van der Waals surface area contributed by atoms with Crippen LogP contribution in [0.15, 0.2) is 97.3 Å². The number of benzene rings is 3. The minimum Gasteiger partial charge on any atom is -0.380 e. The lowest BCUT2D eigenvalue weighted by atomic mass is 10.0. The van der Waals surface area contributed by atoms with Crippen molar-refractivity contribution in [2.45, 2.75) is 55.9 Å². The number of aromatic nitrogens is 3. The summed E-state index contributed by atoms with van der Waals surface area (Å²) in [4.78, 5) is 75.9. The maximum atomic E-state index is 13.1. The van der Waals surface area contributed by atoms with Gasteiger partial charge < -0.3 is 57.2 Å². The first-order chi connectivity index (χ1) is 33.6. The molecule has 20 heteroatoms. The van der Waals surface area contributed by atoms with Gasteiger partial charge in [0.2, 0.25) is 17.8 Å². The van der Waals surface area contributed by atoms with Gasteiger partial charge in [0.15, 0.2) is 0 Å². The van der Waals surface area contributed by atoms with Crippen molar-refractivity contribution in [1.29, 1.82) is 0 Å². The third-order valence-corrected chi connectivity index (χ3v) is 13.3. The predicted molar refractivity (Wildman–Crippen MR) is 272 cm³/mol. The number of rotatable bonds is 25. The molecule has 2 fully saturated rings. The Morgan fingerprint density at radius 2 is 1.70 bits per heavy atom. The third kappa shape index (κ3) is 15.4. The number of anilines is 4. The second kappa shape index (κ2) is 25.6. The molecule has 4 heterocycles. The number of fused-ring (bicyclic) bond motifs is 2. The van der Waals surface area contributed by atoms with Gasteiger partial charge in [-0.2, -0.15) is 11.8 Å². The number of aromatic amines is 1. The topological polar surface area (TPSA) is 236 Å². The molecule has 7 amide bonds. The van der Waals surface area contributed by atoms with E-state index in [9.17, 15) is 24.0 Å². The van der Waals surface area contributed by atoms with Crippen molar-refractivity contribution < 1.29 is 28.7 Å². The van der Waals surface area contributed by atoms with Crippen LogP contribution in [0.2, 0.25) is 5.02 Å². The lowest BCUT2D eigenvalue weighted by Crippen LogP contribution is -2.37. The molecule has 364 valence electrons. The summed E-state index contributed by atoms with van der Waals surface area (Å²) in [5, 5.41) is 25.3. The van der Waals surface area contributed by atoms with E-state index in [4.69, 9.17) is 16.3 Å². The Balaban J connectivity index is 0.694. The van der Waals surface area contributed by atoms with Gasteiger partial charge in [0.25, 0.3) is 5.91 Å². The SMILES string of the molecule is CN(C/C=C/C(=O)Nc1ccc(C(=O)Nc2cccc(Nc3ncc(Cl)c(-c4c[nH]c5ccccc45)n3)c2)cc1)CCCNC(=O)NCCCOCCNC(=O)CCCCC1SCC2NC(=O)NC21. The van der Waals surface area contributed by atoms with Crippen LogP contribution < -0.4 is 42.5 Å². The average Bonchev–Trinajstić information content (AvgIpc) is 4.05. The van der Waals surface area contributed by atoms with Crippen LogP contribution in [-0.2, 0) is 14.3 Å². The molecule has 0 aliphatic carbocycles. The van der Waals surface area contributed by atoms with Crippen molar-refractivity contribution in [2.24, 2.45) is 0 Å². The highest BCUT2D eigenvalue weighted by atomic mass is 35.5. The van der Waals surface area contributed by atoms with Gasteiger partial charge >= 0.3 is 12.1 Å². The quantitative estimate of drug-likeness (QED) is 0.0171. The molecule has 3 atom stereocenters. The number of halogens is 1. The molecule has 5 aromatic rings. The van der Waals surface area contributed by atoms with E-state index in [0.717, 1.165) is 47.9 Å².